The smallest absolute Gasteiger partial charge is 0.286 e. The Morgan fingerprint density at radius 3 is 2.58 bits per heavy atom. The first-order valence-electron chi connectivity index (χ1n) is 6.14. The maximum absolute atomic E-state index is 11.5. The van der Waals surface area contributed by atoms with Gasteiger partial charge in [0.1, 0.15) is 11.9 Å². The second kappa shape index (κ2) is 5.75. The third-order valence-electron chi connectivity index (χ3n) is 2.92. The van der Waals surface area contributed by atoms with E-state index < -0.39 is 17.8 Å². The van der Waals surface area contributed by atoms with E-state index in [1.54, 1.807) is 31.4 Å². The molecule has 0 bridgehead atoms. The van der Waals surface area contributed by atoms with Crippen LogP contribution in [0.2, 0.25) is 0 Å². The van der Waals surface area contributed by atoms with Crippen molar-refractivity contribution in [1.29, 1.82) is 0 Å². The van der Waals surface area contributed by atoms with E-state index in [4.69, 9.17) is 4.74 Å². The van der Waals surface area contributed by atoms with Gasteiger partial charge in [0, 0.05) is 6.04 Å². The van der Waals surface area contributed by atoms with Gasteiger partial charge in [-0.15, -0.1) is 0 Å². The van der Waals surface area contributed by atoms with Crippen LogP contribution in [0.25, 0.3) is 0 Å². The number of hydrogen-bond donors (Lipinski definition) is 3. The van der Waals surface area contributed by atoms with Gasteiger partial charge in [-0.05, 0) is 36.6 Å². The van der Waals surface area contributed by atoms with Gasteiger partial charge in [0.15, 0.2) is 5.76 Å². The van der Waals surface area contributed by atoms with E-state index >= 15 is 0 Å². The van der Waals surface area contributed by atoms with E-state index in [1.165, 1.54) is 0 Å². The normalized spacial score (nSPS) is 16.8. The molecule has 1 fully saturated rings. The third-order valence-corrected chi connectivity index (χ3v) is 2.92. The standard InChI is InChI=1S/C14H17NO4/c1-19-11-6-2-9(3-7-11)12(16)8-13(17)14(18)15-10-4-5-10/h2-3,6-8,10,12,16-17H,4-5H2,1H3,(H,15,18)/b13-8-. The lowest BCUT2D eigenvalue weighted by Crippen LogP contribution is -2.27. The van der Waals surface area contributed by atoms with E-state index in [0.717, 1.165) is 18.9 Å². The molecular formula is C14H17NO4. The Kier molecular flexibility index (Phi) is 4.06. The molecule has 0 radical (unpaired) electrons. The lowest BCUT2D eigenvalue weighted by molar-refractivity contribution is -0.120. The summed E-state index contributed by atoms with van der Waals surface area (Å²) in [5.74, 6) is -0.332. The van der Waals surface area contributed by atoms with Gasteiger partial charge in [-0.25, -0.2) is 0 Å². The number of rotatable bonds is 5. The van der Waals surface area contributed by atoms with Gasteiger partial charge in [-0.3, -0.25) is 4.79 Å². The van der Waals surface area contributed by atoms with Crippen molar-refractivity contribution in [3.63, 3.8) is 0 Å². The lowest BCUT2D eigenvalue weighted by Gasteiger charge is -2.08. The molecule has 1 atom stereocenters. The predicted molar refractivity (Wildman–Crippen MR) is 69.8 cm³/mol. The van der Waals surface area contributed by atoms with Gasteiger partial charge >= 0.3 is 0 Å². The molecule has 0 aromatic heterocycles. The van der Waals surface area contributed by atoms with E-state index in [0.29, 0.717) is 11.3 Å². The van der Waals surface area contributed by atoms with E-state index in [2.05, 4.69) is 5.32 Å². The fraction of sp³-hybridized carbons (Fsp3) is 0.357. The first-order valence-corrected chi connectivity index (χ1v) is 6.14. The van der Waals surface area contributed by atoms with Crippen LogP contribution in [0.15, 0.2) is 36.1 Å². The van der Waals surface area contributed by atoms with E-state index in [1.807, 2.05) is 0 Å². The summed E-state index contributed by atoms with van der Waals surface area (Å²) in [6.07, 6.45) is 1.98. The molecule has 1 aromatic rings. The number of carbonyl (C=O) groups is 1. The zero-order chi connectivity index (χ0) is 13.8. The van der Waals surface area contributed by atoms with Crippen LogP contribution in [0.4, 0.5) is 0 Å². The van der Waals surface area contributed by atoms with Crippen molar-refractivity contribution in [3.8, 4) is 5.75 Å². The van der Waals surface area contributed by atoms with Gasteiger partial charge in [-0.1, -0.05) is 12.1 Å². The zero-order valence-corrected chi connectivity index (χ0v) is 10.7. The van der Waals surface area contributed by atoms with E-state index in [9.17, 15) is 15.0 Å². The second-order valence-corrected chi connectivity index (χ2v) is 4.52. The molecule has 5 heteroatoms. The van der Waals surface area contributed by atoms with Crippen molar-refractivity contribution in [2.24, 2.45) is 0 Å². The molecule has 1 aliphatic carbocycles. The van der Waals surface area contributed by atoms with Crippen LogP contribution in [0, 0.1) is 0 Å². The number of ether oxygens (including phenoxy) is 1. The molecule has 1 aromatic carbocycles. The van der Waals surface area contributed by atoms with Crippen molar-refractivity contribution < 1.29 is 19.7 Å². The number of methoxy groups -OCH3 is 1. The number of amides is 1. The Morgan fingerprint density at radius 2 is 2.05 bits per heavy atom. The first-order chi connectivity index (χ1) is 9.10. The summed E-state index contributed by atoms with van der Waals surface area (Å²) in [4.78, 5) is 11.5. The highest BCUT2D eigenvalue weighted by atomic mass is 16.5. The Balaban J connectivity index is 2.00. The minimum Gasteiger partial charge on any atom is -0.503 e. The minimum atomic E-state index is -1.03. The summed E-state index contributed by atoms with van der Waals surface area (Å²) in [6, 6.07) is 6.92. The second-order valence-electron chi connectivity index (χ2n) is 4.52. The summed E-state index contributed by atoms with van der Waals surface area (Å²) in [7, 11) is 1.55. The molecule has 3 N–H and O–H groups in total. The average Bonchev–Trinajstić information content (AvgIpc) is 3.22. The summed E-state index contributed by atoms with van der Waals surface area (Å²) >= 11 is 0. The SMILES string of the molecule is COc1ccc(C(O)/C=C(\O)C(=O)NC2CC2)cc1. The molecule has 1 amide bonds. The highest BCUT2D eigenvalue weighted by Gasteiger charge is 2.24. The van der Waals surface area contributed by atoms with Crippen LogP contribution in [-0.2, 0) is 4.79 Å². The molecule has 2 rings (SSSR count). The van der Waals surface area contributed by atoms with Crippen LogP contribution in [0.3, 0.4) is 0 Å². The van der Waals surface area contributed by atoms with Gasteiger partial charge < -0.3 is 20.3 Å². The first kappa shape index (κ1) is 13.4. The van der Waals surface area contributed by atoms with Crippen molar-refractivity contribution in [2.45, 2.75) is 25.0 Å². The quantitative estimate of drug-likeness (QED) is 0.555. The van der Waals surface area contributed by atoms with Crippen LogP contribution in [0.5, 0.6) is 5.75 Å². The summed E-state index contributed by atoms with van der Waals surface area (Å²) in [6.45, 7) is 0. The van der Waals surface area contributed by atoms with Gasteiger partial charge in [-0.2, -0.15) is 0 Å². The number of aliphatic hydroxyl groups is 2. The fourth-order valence-corrected chi connectivity index (χ4v) is 1.61. The molecule has 19 heavy (non-hydrogen) atoms. The number of nitrogens with one attached hydrogen (secondary N) is 1. The van der Waals surface area contributed by atoms with Gasteiger partial charge in [0.05, 0.1) is 7.11 Å². The average molecular weight is 263 g/mol. The molecule has 5 nitrogen and oxygen atoms in total. The molecule has 1 aliphatic rings. The van der Waals surface area contributed by atoms with E-state index in [-0.39, 0.29) is 6.04 Å². The van der Waals surface area contributed by atoms with Crippen molar-refractivity contribution in [2.75, 3.05) is 7.11 Å². The van der Waals surface area contributed by atoms with Gasteiger partial charge in [0.25, 0.3) is 5.91 Å². The monoisotopic (exact) mass is 263 g/mol. The molecule has 102 valence electrons. The van der Waals surface area contributed by atoms with Crippen LogP contribution >= 0.6 is 0 Å². The molecule has 1 saturated carbocycles. The van der Waals surface area contributed by atoms with Crippen molar-refractivity contribution >= 4 is 5.91 Å². The van der Waals surface area contributed by atoms with Crippen molar-refractivity contribution in [1.82, 2.24) is 5.32 Å². The number of benzene rings is 1. The van der Waals surface area contributed by atoms with Crippen LogP contribution in [0.1, 0.15) is 24.5 Å². The Labute approximate surface area is 111 Å². The number of carbonyl (C=O) groups excluding carboxylic acids is 1. The Bertz CT molecular complexity index is 477. The maximum Gasteiger partial charge on any atom is 0.286 e. The zero-order valence-electron chi connectivity index (χ0n) is 10.7. The largest absolute Gasteiger partial charge is 0.503 e. The summed E-state index contributed by atoms with van der Waals surface area (Å²) in [5.41, 5.74) is 0.576. The number of aliphatic hydroxyl groups excluding tert-OH is 2. The van der Waals surface area contributed by atoms with Crippen LogP contribution in [-0.4, -0.2) is 29.3 Å². The maximum atomic E-state index is 11.5. The molecule has 1 unspecified atom stereocenters. The molecular weight excluding hydrogens is 246 g/mol. The topological polar surface area (TPSA) is 78.8 Å². The molecule has 0 heterocycles. The van der Waals surface area contributed by atoms with Crippen molar-refractivity contribution in [3.05, 3.63) is 41.7 Å². The highest BCUT2D eigenvalue weighted by molar-refractivity contribution is 5.91. The lowest BCUT2D eigenvalue weighted by atomic mass is 10.1. The minimum absolute atomic E-state index is 0.168. The number of hydrogen-bond acceptors (Lipinski definition) is 4. The summed E-state index contributed by atoms with van der Waals surface area (Å²) < 4.78 is 5.01. The Morgan fingerprint density at radius 1 is 1.42 bits per heavy atom. The summed E-state index contributed by atoms with van der Waals surface area (Å²) in [5, 5.41) is 22.1. The molecule has 0 saturated heterocycles. The highest BCUT2D eigenvalue weighted by Crippen LogP contribution is 2.21. The third kappa shape index (κ3) is 3.72. The Hall–Kier alpha value is -2.01. The molecule has 0 aliphatic heterocycles. The molecule has 0 spiro atoms. The predicted octanol–water partition coefficient (Wildman–Crippen LogP) is 1.45. The fourth-order valence-electron chi connectivity index (χ4n) is 1.61. The van der Waals surface area contributed by atoms with Crippen LogP contribution < -0.4 is 10.1 Å². The van der Waals surface area contributed by atoms with Gasteiger partial charge in [0.2, 0.25) is 0 Å².